The lowest BCUT2D eigenvalue weighted by Gasteiger charge is -1.98. The number of aromatic nitrogens is 1. The number of H-pyrrole nitrogens is 1. The van der Waals surface area contributed by atoms with Gasteiger partial charge in [-0.2, -0.15) is 0 Å². The highest BCUT2D eigenvalue weighted by atomic mass is 16.5. The van der Waals surface area contributed by atoms with Crippen molar-refractivity contribution < 1.29 is 24.5 Å². The molecule has 0 saturated heterocycles. The SMILES string of the molecule is COc1c(C(=O)O)c[nH]c1C(=O)O. The number of aromatic carboxylic acids is 2. The van der Waals surface area contributed by atoms with E-state index in [2.05, 4.69) is 9.72 Å². The van der Waals surface area contributed by atoms with E-state index in [9.17, 15) is 9.59 Å². The maximum absolute atomic E-state index is 10.5. The highest BCUT2D eigenvalue weighted by Gasteiger charge is 2.21. The van der Waals surface area contributed by atoms with Gasteiger partial charge in [0.15, 0.2) is 11.4 Å². The van der Waals surface area contributed by atoms with Gasteiger partial charge in [-0.1, -0.05) is 0 Å². The second kappa shape index (κ2) is 3.18. The lowest BCUT2D eigenvalue weighted by molar-refractivity contribution is 0.0687. The summed E-state index contributed by atoms with van der Waals surface area (Å²) in [4.78, 5) is 23.3. The molecule has 3 N–H and O–H groups in total. The number of methoxy groups -OCH3 is 1. The summed E-state index contributed by atoms with van der Waals surface area (Å²) in [7, 11) is 1.21. The Morgan fingerprint density at radius 1 is 1.38 bits per heavy atom. The Morgan fingerprint density at radius 3 is 2.38 bits per heavy atom. The Hall–Kier alpha value is -1.98. The molecule has 0 fully saturated rings. The van der Waals surface area contributed by atoms with E-state index in [4.69, 9.17) is 10.2 Å². The van der Waals surface area contributed by atoms with E-state index in [-0.39, 0.29) is 17.0 Å². The third-order valence-electron chi connectivity index (χ3n) is 1.48. The number of nitrogens with one attached hydrogen (secondary N) is 1. The molecule has 0 spiro atoms. The van der Waals surface area contributed by atoms with Crippen LogP contribution in [0.4, 0.5) is 0 Å². The smallest absolute Gasteiger partial charge is 0.356 e. The summed E-state index contributed by atoms with van der Waals surface area (Å²) in [5.41, 5.74) is -0.459. The Morgan fingerprint density at radius 2 is 2.00 bits per heavy atom. The molecule has 0 aliphatic carbocycles. The molecule has 1 aromatic heterocycles. The first-order valence-corrected chi connectivity index (χ1v) is 3.30. The zero-order chi connectivity index (χ0) is 10.0. The summed E-state index contributed by atoms with van der Waals surface area (Å²) in [5, 5.41) is 17.2. The fourth-order valence-electron chi connectivity index (χ4n) is 0.940. The van der Waals surface area contributed by atoms with Crippen LogP contribution in [-0.4, -0.2) is 34.2 Å². The van der Waals surface area contributed by atoms with Crippen molar-refractivity contribution in [1.29, 1.82) is 0 Å². The van der Waals surface area contributed by atoms with E-state index in [1.165, 1.54) is 7.11 Å². The molecule has 0 amide bonds. The first-order chi connectivity index (χ1) is 6.07. The maximum Gasteiger partial charge on any atom is 0.356 e. The number of hydrogen-bond donors (Lipinski definition) is 3. The first kappa shape index (κ1) is 9.11. The average Bonchev–Trinajstić information content (AvgIpc) is 2.46. The molecule has 0 unspecified atom stereocenters. The Balaban J connectivity index is 3.26. The molecule has 0 atom stereocenters. The van der Waals surface area contributed by atoms with Crippen molar-refractivity contribution in [2.24, 2.45) is 0 Å². The van der Waals surface area contributed by atoms with Crippen LogP contribution in [0.3, 0.4) is 0 Å². The monoisotopic (exact) mass is 185 g/mol. The van der Waals surface area contributed by atoms with E-state index < -0.39 is 11.9 Å². The fraction of sp³-hybridized carbons (Fsp3) is 0.143. The standard InChI is InChI=1S/C7H7NO5/c1-13-5-3(6(9)10)2-8-4(5)7(11)12/h2,8H,1H3,(H,9,10)(H,11,12). The Labute approximate surface area is 72.8 Å². The van der Waals surface area contributed by atoms with Gasteiger partial charge in [0.1, 0.15) is 5.56 Å². The number of hydrogen-bond acceptors (Lipinski definition) is 3. The summed E-state index contributed by atoms with van der Waals surface area (Å²) in [6, 6.07) is 0. The number of ether oxygens (including phenoxy) is 1. The summed E-state index contributed by atoms with van der Waals surface area (Å²) < 4.78 is 4.65. The minimum absolute atomic E-state index is 0.167. The van der Waals surface area contributed by atoms with Crippen LogP contribution >= 0.6 is 0 Å². The summed E-state index contributed by atoms with van der Waals surface area (Å²) in [5.74, 6) is -2.66. The molecule has 6 heteroatoms. The molecular weight excluding hydrogens is 178 g/mol. The summed E-state index contributed by atoms with van der Waals surface area (Å²) in [6.07, 6.45) is 1.07. The molecule has 0 aliphatic rings. The number of carboxylic acid groups (broad SMARTS) is 2. The first-order valence-electron chi connectivity index (χ1n) is 3.30. The summed E-state index contributed by atoms with van der Waals surface area (Å²) in [6.45, 7) is 0. The number of carboxylic acids is 2. The van der Waals surface area contributed by atoms with Gasteiger partial charge < -0.3 is 19.9 Å². The van der Waals surface area contributed by atoms with Crippen LogP contribution in [0.15, 0.2) is 6.20 Å². The summed E-state index contributed by atoms with van der Waals surface area (Å²) >= 11 is 0. The van der Waals surface area contributed by atoms with E-state index in [1.54, 1.807) is 0 Å². The van der Waals surface area contributed by atoms with Crippen LogP contribution in [0, 0.1) is 0 Å². The number of carbonyl (C=O) groups is 2. The van der Waals surface area contributed by atoms with Gasteiger partial charge in [0, 0.05) is 6.20 Å². The van der Waals surface area contributed by atoms with Crippen LogP contribution in [0.25, 0.3) is 0 Å². The van der Waals surface area contributed by atoms with Crippen molar-refractivity contribution in [3.8, 4) is 5.75 Å². The predicted molar refractivity (Wildman–Crippen MR) is 41.3 cm³/mol. The van der Waals surface area contributed by atoms with E-state index in [1.807, 2.05) is 0 Å². The van der Waals surface area contributed by atoms with Crippen LogP contribution in [0.2, 0.25) is 0 Å². The van der Waals surface area contributed by atoms with Crippen LogP contribution in [-0.2, 0) is 0 Å². The largest absolute Gasteiger partial charge is 0.493 e. The second-order valence-electron chi connectivity index (χ2n) is 2.22. The molecule has 0 radical (unpaired) electrons. The van der Waals surface area contributed by atoms with Crippen LogP contribution in [0.1, 0.15) is 20.8 Å². The molecule has 1 aromatic rings. The van der Waals surface area contributed by atoms with Crippen molar-refractivity contribution in [3.63, 3.8) is 0 Å². The van der Waals surface area contributed by atoms with Crippen LogP contribution in [0.5, 0.6) is 5.75 Å². The van der Waals surface area contributed by atoms with Gasteiger partial charge in [-0.15, -0.1) is 0 Å². The number of rotatable bonds is 3. The fourth-order valence-corrected chi connectivity index (χ4v) is 0.940. The van der Waals surface area contributed by atoms with Gasteiger partial charge in [0.05, 0.1) is 7.11 Å². The van der Waals surface area contributed by atoms with Crippen molar-refractivity contribution in [1.82, 2.24) is 4.98 Å². The van der Waals surface area contributed by atoms with E-state index in [0.29, 0.717) is 0 Å². The third kappa shape index (κ3) is 1.46. The minimum atomic E-state index is -1.26. The zero-order valence-electron chi connectivity index (χ0n) is 6.70. The van der Waals surface area contributed by atoms with Crippen molar-refractivity contribution in [3.05, 3.63) is 17.5 Å². The molecule has 0 bridgehead atoms. The molecule has 0 saturated carbocycles. The Bertz CT molecular complexity index is 322. The topological polar surface area (TPSA) is 99.6 Å². The molecule has 0 aliphatic heterocycles. The minimum Gasteiger partial charge on any atom is -0.493 e. The van der Waals surface area contributed by atoms with E-state index >= 15 is 0 Å². The van der Waals surface area contributed by atoms with Gasteiger partial charge in [0.25, 0.3) is 0 Å². The highest BCUT2D eigenvalue weighted by Crippen LogP contribution is 2.22. The molecule has 13 heavy (non-hydrogen) atoms. The average molecular weight is 185 g/mol. The lowest BCUT2D eigenvalue weighted by atomic mass is 10.3. The quantitative estimate of drug-likeness (QED) is 0.633. The molecular formula is C7H7NO5. The van der Waals surface area contributed by atoms with Gasteiger partial charge in [-0.3, -0.25) is 0 Å². The van der Waals surface area contributed by atoms with Crippen LogP contribution < -0.4 is 4.74 Å². The van der Waals surface area contributed by atoms with Crippen molar-refractivity contribution in [2.75, 3.05) is 7.11 Å². The second-order valence-corrected chi connectivity index (χ2v) is 2.22. The van der Waals surface area contributed by atoms with Gasteiger partial charge >= 0.3 is 11.9 Å². The molecule has 1 heterocycles. The normalized spacial score (nSPS) is 9.62. The Kier molecular flexibility index (Phi) is 2.23. The molecule has 70 valence electrons. The molecule has 0 aromatic carbocycles. The van der Waals surface area contributed by atoms with Crippen molar-refractivity contribution in [2.45, 2.75) is 0 Å². The lowest BCUT2D eigenvalue weighted by Crippen LogP contribution is -2.02. The van der Waals surface area contributed by atoms with Gasteiger partial charge in [0.2, 0.25) is 0 Å². The molecule has 6 nitrogen and oxygen atoms in total. The van der Waals surface area contributed by atoms with Gasteiger partial charge in [-0.25, -0.2) is 9.59 Å². The third-order valence-corrected chi connectivity index (χ3v) is 1.48. The highest BCUT2D eigenvalue weighted by molar-refractivity contribution is 5.98. The zero-order valence-corrected chi connectivity index (χ0v) is 6.70. The van der Waals surface area contributed by atoms with E-state index in [0.717, 1.165) is 6.20 Å². The molecule has 1 rings (SSSR count). The predicted octanol–water partition coefficient (Wildman–Crippen LogP) is 0.420. The van der Waals surface area contributed by atoms with Crippen molar-refractivity contribution >= 4 is 11.9 Å². The van der Waals surface area contributed by atoms with Gasteiger partial charge in [-0.05, 0) is 0 Å². The number of aromatic amines is 1. The maximum atomic E-state index is 10.5.